The molecule has 8 heteroatoms. The maximum absolute atomic E-state index is 12.6. The zero-order chi connectivity index (χ0) is 26.0. The van der Waals surface area contributed by atoms with Crippen molar-refractivity contribution in [3.8, 4) is 0 Å². The number of hydrogen-bond acceptors (Lipinski definition) is 7. The quantitative estimate of drug-likeness (QED) is 0.206. The van der Waals surface area contributed by atoms with Crippen LogP contribution in [0.1, 0.15) is 57.6 Å². The van der Waals surface area contributed by atoms with Crippen molar-refractivity contribution < 1.29 is 28.6 Å². The maximum Gasteiger partial charge on any atom is 0.407 e. The Morgan fingerprint density at radius 3 is 2.53 bits per heavy atom. The fraction of sp³-hybridized carbons (Fsp3) is 0.393. The third kappa shape index (κ3) is 8.85. The molecule has 1 unspecified atom stereocenters. The van der Waals surface area contributed by atoms with Gasteiger partial charge in [0.25, 0.3) is 0 Å². The first kappa shape index (κ1) is 26.9. The summed E-state index contributed by atoms with van der Waals surface area (Å²) in [7, 11) is 0. The van der Waals surface area contributed by atoms with Crippen LogP contribution in [0.15, 0.2) is 71.2 Å². The van der Waals surface area contributed by atoms with E-state index in [1.165, 1.54) is 0 Å². The molecular formula is C28H34N2O6. The van der Waals surface area contributed by atoms with Crippen molar-refractivity contribution in [3.05, 3.63) is 78.2 Å². The fourth-order valence-corrected chi connectivity index (χ4v) is 3.51. The Kier molecular flexibility index (Phi) is 9.64. The average molecular weight is 495 g/mol. The van der Waals surface area contributed by atoms with Crippen LogP contribution in [-0.4, -0.2) is 34.3 Å². The number of oxazole rings is 1. The van der Waals surface area contributed by atoms with Crippen LogP contribution in [0.4, 0.5) is 4.79 Å². The lowest BCUT2D eigenvalue weighted by Crippen LogP contribution is -2.32. The van der Waals surface area contributed by atoms with Gasteiger partial charge in [0.2, 0.25) is 5.89 Å². The SMILES string of the molecule is CC(C)(C)OC(=O)NCCC=CC[C@H](CC(=O)OCc1ccccc1)C(O)c1nc2ccccc2o1. The molecule has 36 heavy (non-hydrogen) atoms. The van der Waals surface area contributed by atoms with Gasteiger partial charge in [-0.25, -0.2) is 9.78 Å². The van der Waals surface area contributed by atoms with E-state index in [4.69, 9.17) is 13.9 Å². The number of rotatable bonds is 11. The molecule has 8 nitrogen and oxygen atoms in total. The number of aromatic nitrogens is 1. The Balaban J connectivity index is 1.58. The van der Waals surface area contributed by atoms with Crippen molar-refractivity contribution in [1.29, 1.82) is 0 Å². The van der Waals surface area contributed by atoms with Crippen LogP contribution < -0.4 is 5.32 Å². The van der Waals surface area contributed by atoms with E-state index in [0.29, 0.717) is 30.5 Å². The Morgan fingerprint density at radius 2 is 1.81 bits per heavy atom. The summed E-state index contributed by atoms with van der Waals surface area (Å²) in [4.78, 5) is 28.7. The number of amides is 1. The second-order valence-electron chi connectivity index (χ2n) is 9.50. The lowest BCUT2D eigenvalue weighted by atomic mass is 9.94. The molecule has 192 valence electrons. The number of nitrogens with zero attached hydrogens (tertiary/aromatic N) is 1. The van der Waals surface area contributed by atoms with E-state index in [1.54, 1.807) is 32.9 Å². The summed E-state index contributed by atoms with van der Waals surface area (Å²) in [5.74, 6) is -0.757. The van der Waals surface area contributed by atoms with Gasteiger partial charge in [0, 0.05) is 12.5 Å². The molecule has 0 radical (unpaired) electrons. The predicted molar refractivity (Wildman–Crippen MR) is 136 cm³/mol. The summed E-state index contributed by atoms with van der Waals surface area (Å²) >= 11 is 0. The van der Waals surface area contributed by atoms with Crippen LogP contribution in [0, 0.1) is 5.92 Å². The molecule has 1 aromatic heterocycles. The Morgan fingerprint density at radius 1 is 1.08 bits per heavy atom. The van der Waals surface area contributed by atoms with Gasteiger partial charge in [-0.05, 0) is 51.3 Å². The van der Waals surface area contributed by atoms with Crippen LogP contribution in [-0.2, 0) is 20.9 Å². The van der Waals surface area contributed by atoms with E-state index in [9.17, 15) is 14.7 Å². The molecule has 3 rings (SSSR count). The smallest absolute Gasteiger partial charge is 0.407 e. The first-order chi connectivity index (χ1) is 17.2. The molecule has 1 heterocycles. The first-order valence-corrected chi connectivity index (χ1v) is 12.1. The molecule has 0 spiro atoms. The van der Waals surface area contributed by atoms with E-state index >= 15 is 0 Å². The number of nitrogens with one attached hydrogen (secondary N) is 1. The number of benzene rings is 2. The van der Waals surface area contributed by atoms with Crippen molar-refractivity contribution in [2.24, 2.45) is 5.92 Å². The minimum atomic E-state index is -1.09. The molecule has 3 aromatic rings. The summed E-state index contributed by atoms with van der Waals surface area (Å²) in [5, 5.41) is 13.7. The number of alkyl carbamates (subject to hydrolysis) is 1. The van der Waals surface area contributed by atoms with E-state index in [1.807, 2.05) is 54.6 Å². The van der Waals surface area contributed by atoms with Crippen LogP contribution in [0.5, 0.6) is 0 Å². The molecule has 2 aromatic carbocycles. The van der Waals surface area contributed by atoms with Gasteiger partial charge in [-0.15, -0.1) is 0 Å². The third-order valence-corrected chi connectivity index (χ3v) is 5.27. The van der Waals surface area contributed by atoms with Gasteiger partial charge in [-0.2, -0.15) is 0 Å². The van der Waals surface area contributed by atoms with Crippen LogP contribution in [0.3, 0.4) is 0 Å². The van der Waals surface area contributed by atoms with Gasteiger partial charge in [-0.3, -0.25) is 4.79 Å². The van der Waals surface area contributed by atoms with Gasteiger partial charge in [0.05, 0.1) is 6.42 Å². The third-order valence-electron chi connectivity index (χ3n) is 5.27. The number of carbonyl (C=O) groups is 2. The van der Waals surface area contributed by atoms with Crippen molar-refractivity contribution >= 4 is 23.2 Å². The predicted octanol–water partition coefficient (Wildman–Crippen LogP) is 5.47. The van der Waals surface area contributed by atoms with E-state index in [0.717, 1.165) is 5.56 Å². The molecule has 0 aliphatic heterocycles. The molecule has 0 saturated heterocycles. The summed E-state index contributed by atoms with van der Waals surface area (Å²) in [5.41, 5.74) is 1.55. The van der Waals surface area contributed by atoms with E-state index in [2.05, 4.69) is 10.3 Å². The lowest BCUT2D eigenvalue weighted by Gasteiger charge is -2.19. The molecular weight excluding hydrogens is 460 g/mol. The molecule has 2 N–H and O–H groups in total. The number of ether oxygens (including phenoxy) is 2. The van der Waals surface area contributed by atoms with Gasteiger partial charge < -0.3 is 24.3 Å². The van der Waals surface area contributed by atoms with Gasteiger partial charge in [0.15, 0.2) is 5.58 Å². The summed E-state index contributed by atoms with van der Waals surface area (Å²) in [6.45, 7) is 5.99. The van der Waals surface area contributed by atoms with Crippen molar-refractivity contribution in [1.82, 2.24) is 10.3 Å². The summed E-state index contributed by atoms with van der Waals surface area (Å²) in [6.07, 6.45) is 3.16. The highest BCUT2D eigenvalue weighted by Gasteiger charge is 2.28. The Bertz CT molecular complexity index is 1120. The number of allylic oxidation sites excluding steroid dienone is 1. The first-order valence-electron chi connectivity index (χ1n) is 12.1. The Labute approximate surface area is 211 Å². The summed E-state index contributed by atoms with van der Waals surface area (Å²) < 4.78 is 16.4. The average Bonchev–Trinajstić information content (AvgIpc) is 3.27. The van der Waals surface area contributed by atoms with Gasteiger partial charge in [-0.1, -0.05) is 54.6 Å². The second kappa shape index (κ2) is 12.9. The van der Waals surface area contributed by atoms with Crippen molar-refractivity contribution in [2.45, 2.75) is 58.3 Å². The number of hydrogen-bond donors (Lipinski definition) is 2. The zero-order valence-corrected chi connectivity index (χ0v) is 21.0. The number of esters is 1. The molecule has 0 fully saturated rings. The molecule has 0 bridgehead atoms. The fourth-order valence-electron chi connectivity index (χ4n) is 3.51. The minimum Gasteiger partial charge on any atom is -0.461 e. The molecule has 2 atom stereocenters. The highest BCUT2D eigenvalue weighted by Crippen LogP contribution is 2.30. The lowest BCUT2D eigenvalue weighted by molar-refractivity contribution is -0.147. The molecule has 0 saturated carbocycles. The van der Waals surface area contributed by atoms with Crippen molar-refractivity contribution in [3.63, 3.8) is 0 Å². The normalized spacial score (nSPS) is 13.4. The standard InChI is InChI=1S/C28H34N2O6/c1-28(2,3)36-27(33)29-17-11-5-8-14-21(18-24(31)34-19-20-12-6-4-7-13-20)25(32)26-30-22-15-9-10-16-23(22)35-26/h4-10,12-13,15-16,21,25,32H,11,14,17-19H2,1-3H3,(H,29,33)/t21-,25?/m1/s1. The van der Waals surface area contributed by atoms with E-state index in [-0.39, 0.29) is 18.9 Å². The van der Waals surface area contributed by atoms with Crippen LogP contribution in [0.2, 0.25) is 0 Å². The number of fused-ring (bicyclic) bond motifs is 1. The minimum absolute atomic E-state index is 0.00672. The van der Waals surface area contributed by atoms with Crippen LogP contribution in [0.25, 0.3) is 11.1 Å². The van der Waals surface area contributed by atoms with Crippen molar-refractivity contribution in [2.75, 3.05) is 6.54 Å². The Hall–Kier alpha value is -3.65. The number of aliphatic hydroxyl groups excluding tert-OH is 1. The maximum atomic E-state index is 12.6. The molecule has 0 aliphatic rings. The van der Waals surface area contributed by atoms with Gasteiger partial charge >= 0.3 is 12.1 Å². The topological polar surface area (TPSA) is 111 Å². The summed E-state index contributed by atoms with van der Waals surface area (Å²) in [6, 6.07) is 16.7. The van der Waals surface area contributed by atoms with Gasteiger partial charge in [0.1, 0.15) is 23.8 Å². The largest absolute Gasteiger partial charge is 0.461 e. The second-order valence-corrected chi connectivity index (χ2v) is 9.50. The highest BCUT2D eigenvalue weighted by atomic mass is 16.6. The highest BCUT2D eigenvalue weighted by molar-refractivity contribution is 5.72. The van der Waals surface area contributed by atoms with Crippen LogP contribution >= 0.6 is 0 Å². The number of carbonyl (C=O) groups excluding carboxylic acids is 2. The van der Waals surface area contributed by atoms with E-state index < -0.39 is 29.7 Å². The molecule has 0 aliphatic carbocycles. The monoisotopic (exact) mass is 494 g/mol. The zero-order valence-electron chi connectivity index (χ0n) is 21.0. The number of para-hydroxylation sites is 2. The number of aliphatic hydroxyl groups is 1. The molecule has 1 amide bonds.